The first-order chi connectivity index (χ1) is 7.54. The second-order valence-electron chi connectivity index (χ2n) is 3.98. The van der Waals surface area contributed by atoms with E-state index in [0.717, 1.165) is 16.8 Å². The quantitative estimate of drug-likeness (QED) is 0.844. The summed E-state index contributed by atoms with van der Waals surface area (Å²) in [4.78, 5) is 11.5. The lowest BCUT2D eigenvalue weighted by Crippen LogP contribution is -2.13. The molecule has 0 heterocycles. The number of carbonyl (C=O) groups excluding carboxylic acids is 1. The minimum Gasteiger partial charge on any atom is -0.326 e. The summed E-state index contributed by atoms with van der Waals surface area (Å²) in [6, 6.07) is 6.03. The highest BCUT2D eigenvalue weighted by atomic mass is 16.1. The van der Waals surface area contributed by atoms with Gasteiger partial charge < -0.3 is 5.32 Å². The van der Waals surface area contributed by atoms with Crippen molar-refractivity contribution in [1.82, 2.24) is 0 Å². The molecular weight excluding hydrogens is 200 g/mol. The summed E-state index contributed by atoms with van der Waals surface area (Å²) in [5.74, 6) is -0.100. The first-order valence-corrected chi connectivity index (χ1v) is 5.29. The summed E-state index contributed by atoms with van der Waals surface area (Å²) in [5, 5.41) is 11.2. The second kappa shape index (κ2) is 5.32. The molecule has 0 spiro atoms. The number of nitrogens with zero attached hydrogens (tertiary/aromatic N) is 1. The number of hydrogen-bond donors (Lipinski definition) is 1. The van der Waals surface area contributed by atoms with Crippen LogP contribution in [-0.2, 0) is 4.79 Å². The van der Waals surface area contributed by atoms with Crippen LogP contribution in [0.4, 0.5) is 5.69 Å². The van der Waals surface area contributed by atoms with Gasteiger partial charge in [-0.15, -0.1) is 0 Å². The molecule has 0 saturated carbocycles. The van der Waals surface area contributed by atoms with Crippen molar-refractivity contribution in [1.29, 1.82) is 5.26 Å². The molecule has 1 rings (SSSR count). The van der Waals surface area contributed by atoms with E-state index in [1.54, 1.807) is 0 Å². The smallest absolute Gasteiger partial charge is 0.225 e. The maximum Gasteiger partial charge on any atom is 0.225 e. The van der Waals surface area contributed by atoms with E-state index in [9.17, 15) is 4.79 Å². The van der Waals surface area contributed by atoms with E-state index < -0.39 is 0 Å². The Hall–Kier alpha value is -1.82. The number of nitriles is 1. The van der Waals surface area contributed by atoms with Crippen LogP contribution < -0.4 is 5.32 Å². The molecule has 0 saturated heterocycles. The number of hydrogen-bond acceptors (Lipinski definition) is 2. The molecule has 3 heteroatoms. The van der Waals surface area contributed by atoms with Crippen LogP contribution in [0.25, 0.3) is 0 Å². The summed E-state index contributed by atoms with van der Waals surface area (Å²) < 4.78 is 0. The summed E-state index contributed by atoms with van der Waals surface area (Å²) in [5.41, 5.74) is 4.17. The van der Waals surface area contributed by atoms with Crippen molar-refractivity contribution in [2.75, 3.05) is 5.32 Å². The summed E-state index contributed by atoms with van der Waals surface area (Å²) in [6.07, 6.45) is 0.513. The maximum absolute atomic E-state index is 11.5. The molecule has 0 radical (unpaired) electrons. The van der Waals surface area contributed by atoms with Crippen LogP contribution in [0.2, 0.25) is 0 Å². The maximum atomic E-state index is 11.5. The molecular formula is C13H16N2O. The van der Waals surface area contributed by atoms with E-state index in [1.165, 1.54) is 5.56 Å². The number of rotatable bonds is 3. The molecule has 0 aromatic heterocycles. The standard InChI is InChI=1S/C13H16N2O/c1-9-7-10(2)13(11(3)8-9)15-12(16)5-4-6-14/h7-8H,4-5H2,1-3H3,(H,15,16). The molecule has 0 bridgehead atoms. The van der Waals surface area contributed by atoms with E-state index in [0.29, 0.717) is 0 Å². The Kier molecular flexibility index (Phi) is 4.07. The lowest BCUT2D eigenvalue weighted by atomic mass is 10.0. The minimum atomic E-state index is -0.100. The van der Waals surface area contributed by atoms with Crippen molar-refractivity contribution in [3.8, 4) is 6.07 Å². The highest BCUT2D eigenvalue weighted by molar-refractivity contribution is 5.92. The third kappa shape index (κ3) is 3.09. The molecule has 0 aliphatic carbocycles. The molecule has 0 fully saturated rings. The van der Waals surface area contributed by atoms with Gasteiger partial charge in [-0.3, -0.25) is 4.79 Å². The SMILES string of the molecule is Cc1cc(C)c(NC(=O)CCC#N)c(C)c1. The third-order valence-corrected chi connectivity index (χ3v) is 2.41. The lowest BCUT2D eigenvalue weighted by molar-refractivity contribution is -0.116. The fraction of sp³-hybridized carbons (Fsp3) is 0.385. The highest BCUT2D eigenvalue weighted by Gasteiger charge is 2.07. The van der Waals surface area contributed by atoms with E-state index in [-0.39, 0.29) is 18.7 Å². The fourth-order valence-corrected chi connectivity index (χ4v) is 1.75. The molecule has 1 aromatic rings. The van der Waals surface area contributed by atoms with Crippen LogP contribution in [0.5, 0.6) is 0 Å². The Balaban J connectivity index is 2.82. The topological polar surface area (TPSA) is 52.9 Å². The number of anilines is 1. The zero-order valence-electron chi connectivity index (χ0n) is 9.92. The van der Waals surface area contributed by atoms with Gasteiger partial charge in [0.2, 0.25) is 5.91 Å². The van der Waals surface area contributed by atoms with Gasteiger partial charge in [-0.1, -0.05) is 17.7 Å². The van der Waals surface area contributed by atoms with Gasteiger partial charge in [-0.05, 0) is 31.9 Å². The Morgan fingerprint density at radius 2 is 1.88 bits per heavy atom. The molecule has 1 aromatic carbocycles. The van der Waals surface area contributed by atoms with Crippen LogP contribution in [-0.4, -0.2) is 5.91 Å². The summed E-state index contributed by atoms with van der Waals surface area (Å²) >= 11 is 0. The average molecular weight is 216 g/mol. The molecule has 1 amide bonds. The first kappa shape index (κ1) is 12.3. The number of carbonyl (C=O) groups is 1. The predicted molar refractivity (Wildman–Crippen MR) is 64.1 cm³/mol. The van der Waals surface area contributed by atoms with Gasteiger partial charge in [0, 0.05) is 18.5 Å². The monoisotopic (exact) mass is 216 g/mol. The average Bonchev–Trinajstić information content (AvgIpc) is 2.20. The van der Waals surface area contributed by atoms with Gasteiger partial charge in [0.15, 0.2) is 0 Å². The van der Waals surface area contributed by atoms with Crippen molar-refractivity contribution in [2.45, 2.75) is 33.6 Å². The Morgan fingerprint density at radius 1 is 1.31 bits per heavy atom. The number of benzene rings is 1. The van der Waals surface area contributed by atoms with Crippen molar-refractivity contribution >= 4 is 11.6 Å². The van der Waals surface area contributed by atoms with Crippen LogP contribution in [0.3, 0.4) is 0 Å². The molecule has 0 atom stereocenters. The number of aryl methyl sites for hydroxylation is 3. The van der Waals surface area contributed by atoms with Gasteiger partial charge in [0.1, 0.15) is 0 Å². The number of nitrogens with one attached hydrogen (secondary N) is 1. The molecule has 0 aliphatic rings. The van der Waals surface area contributed by atoms with E-state index in [2.05, 4.69) is 5.32 Å². The van der Waals surface area contributed by atoms with Crippen LogP contribution in [0, 0.1) is 32.1 Å². The van der Waals surface area contributed by atoms with Crippen molar-refractivity contribution < 1.29 is 4.79 Å². The first-order valence-electron chi connectivity index (χ1n) is 5.29. The van der Waals surface area contributed by atoms with Crippen molar-refractivity contribution in [3.63, 3.8) is 0 Å². The number of amides is 1. The van der Waals surface area contributed by atoms with Crippen LogP contribution >= 0.6 is 0 Å². The van der Waals surface area contributed by atoms with Crippen LogP contribution in [0.1, 0.15) is 29.5 Å². The Morgan fingerprint density at radius 3 is 2.38 bits per heavy atom. The lowest BCUT2D eigenvalue weighted by Gasteiger charge is -2.12. The third-order valence-electron chi connectivity index (χ3n) is 2.41. The van der Waals surface area contributed by atoms with Gasteiger partial charge >= 0.3 is 0 Å². The highest BCUT2D eigenvalue weighted by Crippen LogP contribution is 2.22. The molecule has 1 N–H and O–H groups in total. The van der Waals surface area contributed by atoms with Crippen molar-refractivity contribution in [3.05, 3.63) is 28.8 Å². The normalized spacial score (nSPS) is 9.62. The zero-order chi connectivity index (χ0) is 12.1. The second-order valence-corrected chi connectivity index (χ2v) is 3.98. The predicted octanol–water partition coefficient (Wildman–Crippen LogP) is 2.85. The molecule has 0 unspecified atom stereocenters. The Bertz CT molecular complexity index is 421. The van der Waals surface area contributed by atoms with Gasteiger partial charge in [-0.2, -0.15) is 5.26 Å². The molecule has 84 valence electrons. The van der Waals surface area contributed by atoms with Gasteiger partial charge in [0.25, 0.3) is 0 Å². The van der Waals surface area contributed by atoms with Crippen molar-refractivity contribution in [2.24, 2.45) is 0 Å². The summed E-state index contributed by atoms with van der Waals surface area (Å²) in [6.45, 7) is 5.97. The van der Waals surface area contributed by atoms with Crippen LogP contribution in [0.15, 0.2) is 12.1 Å². The van der Waals surface area contributed by atoms with E-state index in [4.69, 9.17) is 5.26 Å². The minimum absolute atomic E-state index is 0.100. The van der Waals surface area contributed by atoms with Gasteiger partial charge in [0.05, 0.1) is 6.07 Å². The fourth-order valence-electron chi connectivity index (χ4n) is 1.75. The zero-order valence-corrected chi connectivity index (χ0v) is 9.92. The summed E-state index contributed by atoms with van der Waals surface area (Å²) in [7, 11) is 0. The molecule has 0 aliphatic heterocycles. The van der Waals surface area contributed by atoms with Gasteiger partial charge in [-0.25, -0.2) is 0 Å². The van der Waals surface area contributed by atoms with E-state index >= 15 is 0 Å². The molecule has 16 heavy (non-hydrogen) atoms. The largest absolute Gasteiger partial charge is 0.326 e. The van der Waals surface area contributed by atoms with E-state index in [1.807, 2.05) is 39.0 Å². The Labute approximate surface area is 96.1 Å². The molecule has 3 nitrogen and oxygen atoms in total.